The lowest BCUT2D eigenvalue weighted by molar-refractivity contribution is 0.557. The maximum atomic E-state index is 5.88. The minimum absolute atomic E-state index is 0.354. The van der Waals surface area contributed by atoms with Gasteiger partial charge in [0, 0.05) is 18.7 Å². The highest BCUT2D eigenvalue weighted by Gasteiger charge is 2.51. The number of aromatic nitrogens is 2. The molecule has 0 saturated heterocycles. The van der Waals surface area contributed by atoms with Gasteiger partial charge in [-0.1, -0.05) is 0 Å². The van der Waals surface area contributed by atoms with Gasteiger partial charge in [-0.25, -0.2) is 0 Å². The fourth-order valence-corrected chi connectivity index (χ4v) is 1.96. The van der Waals surface area contributed by atoms with Crippen LogP contribution in [0, 0.1) is 5.92 Å². The second kappa shape index (κ2) is 2.89. The van der Waals surface area contributed by atoms with E-state index in [9.17, 15) is 0 Å². The van der Waals surface area contributed by atoms with Gasteiger partial charge in [0.1, 0.15) is 8.94 Å². The molecule has 0 aliphatic heterocycles. The SMILES string of the molecule is ClC1(Cl)CC1Cn1ccc(Br)n1. The number of rotatable bonds is 2. The van der Waals surface area contributed by atoms with Crippen LogP contribution >= 0.6 is 39.1 Å². The predicted molar refractivity (Wildman–Crippen MR) is 52.5 cm³/mol. The van der Waals surface area contributed by atoms with Gasteiger partial charge in [-0.2, -0.15) is 5.10 Å². The van der Waals surface area contributed by atoms with E-state index in [-0.39, 0.29) is 0 Å². The highest BCUT2D eigenvalue weighted by Crippen LogP contribution is 2.53. The summed E-state index contributed by atoms with van der Waals surface area (Å²) in [6.07, 6.45) is 2.78. The normalized spacial score (nSPS) is 25.8. The zero-order valence-corrected chi connectivity index (χ0v) is 9.27. The molecule has 2 rings (SSSR count). The first-order valence-electron chi connectivity index (χ1n) is 3.65. The Bertz CT molecular complexity index is 297. The Kier molecular flexibility index (Phi) is 2.13. The van der Waals surface area contributed by atoms with E-state index in [1.807, 2.05) is 16.9 Å². The predicted octanol–water partition coefficient (Wildman–Crippen LogP) is 2.84. The van der Waals surface area contributed by atoms with E-state index in [1.165, 1.54) is 0 Å². The lowest BCUT2D eigenvalue weighted by Gasteiger charge is -1.99. The third-order valence-corrected chi connectivity index (χ3v) is 3.32. The van der Waals surface area contributed by atoms with E-state index >= 15 is 0 Å². The molecule has 1 aliphatic rings. The molecule has 1 fully saturated rings. The van der Waals surface area contributed by atoms with Gasteiger partial charge in [-0.15, -0.1) is 23.2 Å². The third-order valence-electron chi connectivity index (χ3n) is 1.97. The van der Waals surface area contributed by atoms with Crippen molar-refractivity contribution in [2.45, 2.75) is 17.3 Å². The molecule has 1 aromatic heterocycles. The number of hydrogen-bond donors (Lipinski definition) is 0. The number of alkyl halides is 2. The molecule has 1 heterocycles. The van der Waals surface area contributed by atoms with Crippen molar-refractivity contribution in [1.82, 2.24) is 9.78 Å². The molecule has 1 aromatic rings. The van der Waals surface area contributed by atoms with Gasteiger partial charge in [0.25, 0.3) is 0 Å². The molecular formula is C7H7BrCl2N2. The molecule has 1 aliphatic carbocycles. The van der Waals surface area contributed by atoms with Crippen LogP contribution in [0.4, 0.5) is 0 Å². The first-order chi connectivity index (χ1) is 5.58. The van der Waals surface area contributed by atoms with Crippen LogP contribution in [0.25, 0.3) is 0 Å². The standard InChI is InChI=1S/C7H7BrCl2N2/c8-6-1-2-12(11-6)4-5-3-7(5,9)10/h1-2,5H,3-4H2. The lowest BCUT2D eigenvalue weighted by Crippen LogP contribution is -2.04. The van der Waals surface area contributed by atoms with Crippen molar-refractivity contribution in [2.75, 3.05) is 0 Å². The van der Waals surface area contributed by atoms with E-state index in [0.29, 0.717) is 5.92 Å². The summed E-state index contributed by atoms with van der Waals surface area (Å²) >= 11 is 15.0. The van der Waals surface area contributed by atoms with E-state index in [4.69, 9.17) is 23.2 Å². The van der Waals surface area contributed by atoms with E-state index in [2.05, 4.69) is 21.0 Å². The Balaban J connectivity index is 1.97. The summed E-state index contributed by atoms with van der Waals surface area (Å²) in [6.45, 7) is 0.804. The van der Waals surface area contributed by atoms with Crippen LogP contribution in [0.15, 0.2) is 16.9 Å². The van der Waals surface area contributed by atoms with Crippen molar-refractivity contribution in [3.05, 3.63) is 16.9 Å². The molecule has 0 amide bonds. The Morgan fingerprint density at radius 3 is 2.83 bits per heavy atom. The Hall–Kier alpha value is 0.270. The van der Waals surface area contributed by atoms with Crippen LogP contribution in [0.2, 0.25) is 0 Å². The Morgan fingerprint density at radius 1 is 1.75 bits per heavy atom. The Morgan fingerprint density at radius 2 is 2.42 bits per heavy atom. The second-order valence-corrected chi connectivity index (χ2v) is 5.38. The quantitative estimate of drug-likeness (QED) is 0.755. The van der Waals surface area contributed by atoms with Crippen LogP contribution in [-0.2, 0) is 6.54 Å². The first kappa shape index (κ1) is 8.85. The topological polar surface area (TPSA) is 17.8 Å². The van der Waals surface area contributed by atoms with Crippen LogP contribution in [-0.4, -0.2) is 14.1 Å². The van der Waals surface area contributed by atoms with Gasteiger partial charge in [-0.3, -0.25) is 4.68 Å². The van der Waals surface area contributed by atoms with Crippen molar-refractivity contribution in [3.63, 3.8) is 0 Å². The van der Waals surface area contributed by atoms with Crippen LogP contribution in [0.5, 0.6) is 0 Å². The van der Waals surface area contributed by atoms with E-state index in [1.54, 1.807) is 0 Å². The lowest BCUT2D eigenvalue weighted by atomic mass is 10.4. The zero-order chi connectivity index (χ0) is 8.77. The Labute approximate surface area is 89.0 Å². The summed E-state index contributed by atoms with van der Waals surface area (Å²) in [5, 5.41) is 4.17. The zero-order valence-electron chi connectivity index (χ0n) is 6.17. The monoisotopic (exact) mass is 268 g/mol. The first-order valence-corrected chi connectivity index (χ1v) is 5.19. The third kappa shape index (κ3) is 1.78. The van der Waals surface area contributed by atoms with Crippen LogP contribution in [0.1, 0.15) is 6.42 Å². The summed E-state index contributed by atoms with van der Waals surface area (Å²) in [5.74, 6) is 0.354. The minimum atomic E-state index is -0.502. The average Bonchev–Trinajstić information content (AvgIpc) is 2.41. The van der Waals surface area contributed by atoms with E-state index < -0.39 is 4.33 Å². The summed E-state index contributed by atoms with van der Waals surface area (Å²) in [4.78, 5) is 0. The van der Waals surface area contributed by atoms with Crippen molar-refractivity contribution in [1.29, 1.82) is 0 Å². The van der Waals surface area contributed by atoms with Gasteiger partial charge >= 0.3 is 0 Å². The molecule has 0 bridgehead atoms. The fourth-order valence-electron chi connectivity index (χ4n) is 1.13. The van der Waals surface area contributed by atoms with Crippen LogP contribution in [0.3, 0.4) is 0 Å². The summed E-state index contributed by atoms with van der Waals surface area (Å²) in [6, 6.07) is 1.90. The minimum Gasteiger partial charge on any atom is -0.271 e. The number of halogens is 3. The maximum absolute atomic E-state index is 5.88. The van der Waals surface area contributed by atoms with Gasteiger partial charge < -0.3 is 0 Å². The molecule has 0 spiro atoms. The van der Waals surface area contributed by atoms with Crippen molar-refractivity contribution in [3.8, 4) is 0 Å². The summed E-state index contributed by atoms with van der Waals surface area (Å²) in [5.41, 5.74) is 0. The largest absolute Gasteiger partial charge is 0.271 e. The van der Waals surface area contributed by atoms with Crippen molar-refractivity contribution < 1.29 is 0 Å². The summed E-state index contributed by atoms with van der Waals surface area (Å²) < 4.78 is 2.19. The summed E-state index contributed by atoms with van der Waals surface area (Å²) in [7, 11) is 0. The van der Waals surface area contributed by atoms with Gasteiger partial charge in [0.15, 0.2) is 0 Å². The molecule has 2 nitrogen and oxygen atoms in total. The smallest absolute Gasteiger partial charge is 0.128 e. The van der Waals surface area contributed by atoms with E-state index in [0.717, 1.165) is 17.6 Å². The molecule has 5 heteroatoms. The maximum Gasteiger partial charge on any atom is 0.128 e. The molecule has 1 saturated carbocycles. The molecule has 0 aromatic carbocycles. The average molecular weight is 270 g/mol. The molecule has 0 N–H and O–H groups in total. The highest BCUT2D eigenvalue weighted by molar-refractivity contribution is 9.10. The molecular weight excluding hydrogens is 263 g/mol. The molecule has 12 heavy (non-hydrogen) atoms. The van der Waals surface area contributed by atoms with Crippen molar-refractivity contribution in [2.24, 2.45) is 5.92 Å². The van der Waals surface area contributed by atoms with Crippen molar-refractivity contribution >= 4 is 39.1 Å². The second-order valence-electron chi connectivity index (χ2n) is 3.02. The molecule has 0 radical (unpaired) electrons. The highest BCUT2D eigenvalue weighted by atomic mass is 79.9. The van der Waals surface area contributed by atoms with Gasteiger partial charge in [0.05, 0.1) is 0 Å². The van der Waals surface area contributed by atoms with Gasteiger partial charge in [-0.05, 0) is 28.4 Å². The molecule has 1 atom stereocenters. The number of nitrogens with zero attached hydrogens (tertiary/aromatic N) is 2. The fraction of sp³-hybridized carbons (Fsp3) is 0.571. The number of hydrogen-bond acceptors (Lipinski definition) is 1. The van der Waals surface area contributed by atoms with Gasteiger partial charge in [0.2, 0.25) is 0 Å². The molecule has 1 unspecified atom stereocenters. The molecule has 66 valence electrons. The van der Waals surface area contributed by atoms with Crippen LogP contribution < -0.4 is 0 Å².